The van der Waals surface area contributed by atoms with Crippen LogP contribution in [-0.2, 0) is 0 Å². The summed E-state index contributed by atoms with van der Waals surface area (Å²) in [6.07, 6.45) is 0. The second-order valence-corrected chi connectivity index (χ2v) is 5.34. The molecule has 0 fully saturated rings. The van der Waals surface area contributed by atoms with Crippen molar-refractivity contribution in [2.24, 2.45) is 5.84 Å². The van der Waals surface area contributed by atoms with Gasteiger partial charge in [-0.25, -0.2) is 5.43 Å². The Balaban J connectivity index is 2.43. The van der Waals surface area contributed by atoms with E-state index < -0.39 is 0 Å². The second-order valence-electron chi connectivity index (χ2n) is 3.50. The minimum Gasteiger partial charge on any atom is -0.497 e. The lowest BCUT2D eigenvalue weighted by Gasteiger charge is -2.17. The third-order valence-corrected chi connectivity index (χ3v) is 4.17. The van der Waals surface area contributed by atoms with Gasteiger partial charge in [-0.2, -0.15) is 0 Å². The molecule has 1 atom stereocenters. The number of halogens is 1. The van der Waals surface area contributed by atoms with Crippen molar-refractivity contribution in [2.45, 2.75) is 6.04 Å². The van der Waals surface area contributed by atoms with Gasteiger partial charge in [-0.15, -0.1) is 11.3 Å². The molecule has 2 aromatic rings. The van der Waals surface area contributed by atoms with Crippen molar-refractivity contribution in [1.29, 1.82) is 0 Å². The van der Waals surface area contributed by atoms with Crippen LogP contribution in [0.25, 0.3) is 0 Å². The van der Waals surface area contributed by atoms with Crippen LogP contribution in [-0.4, -0.2) is 7.11 Å². The van der Waals surface area contributed by atoms with Crippen LogP contribution in [0.2, 0.25) is 0 Å². The van der Waals surface area contributed by atoms with Gasteiger partial charge >= 0.3 is 0 Å². The van der Waals surface area contributed by atoms with Crippen LogP contribution in [0.5, 0.6) is 5.75 Å². The van der Waals surface area contributed by atoms with Crippen molar-refractivity contribution in [2.75, 3.05) is 7.11 Å². The number of methoxy groups -OCH3 is 1. The molecule has 0 aliphatic rings. The van der Waals surface area contributed by atoms with Crippen molar-refractivity contribution >= 4 is 27.3 Å². The van der Waals surface area contributed by atoms with E-state index >= 15 is 0 Å². The molecule has 0 spiro atoms. The van der Waals surface area contributed by atoms with E-state index in [2.05, 4.69) is 27.4 Å². The van der Waals surface area contributed by atoms with Gasteiger partial charge in [-0.05, 0) is 35.2 Å². The Morgan fingerprint density at radius 1 is 1.41 bits per heavy atom. The lowest BCUT2D eigenvalue weighted by molar-refractivity contribution is 0.413. The van der Waals surface area contributed by atoms with Gasteiger partial charge < -0.3 is 4.74 Å². The molecule has 17 heavy (non-hydrogen) atoms. The highest BCUT2D eigenvalue weighted by Crippen LogP contribution is 2.32. The quantitative estimate of drug-likeness (QED) is 0.674. The van der Waals surface area contributed by atoms with Gasteiger partial charge in [0.2, 0.25) is 0 Å². The topological polar surface area (TPSA) is 47.3 Å². The molecule has 1 aromatic heterocycles. The lowest BCUT2D eigenvalue weighted by atomic mass is 10.1. The predicted molar refractivity (Wildman–Crippen MR) is 74.2 cm³/mol. The second kappa shape index (κ2) is 5.64. The van der Waals surface area contributed by atoms with Crippen molar-refractivity contribution in [3.63, 3.8) is 0 Å². The molecule has 0 radical (unpaired) electrons. The van der Waals surface area contributed by atoms with Gasteiger partial charge in [0.05, 0.1) is 13.2 Å². The van der Waals surface area contributed by atoms with Gasteiger partial charge in [0.1, 0.15) is 5.75 Å². The van der Waals surface area contributed by atoms with E-state index in [0.717, 1.165) is 15.8 Å². The molecule has 1 unspecified atom stereocenters. The molecule has 5 heteroatoms. The third-order valence-electron chi connectivity index (χ3n) is 2.51. The van der Waals surface area contributed by atoms with Gasteiger partial charge in [0, 0.05) is 9.35 Å². The summed E-state index contributed by atoms with van der Waals surface area (Å²) in [6, 6.07) is 9.90. The van der Waals surface area contributed by atoms with Crippen LogP contribution in [0.1, 0.15) is 16.5 Å². The first-order valence-corrected chi connectivity index (χ1v) is 6.76. The van der Waals surface area contributed by atoms with E-state index in [1.54, 1.807) is 18.4 Å². The van der Waals surface area contributed by atoms with Crippen LogP contribution in [0.3, 0.4) is 0 Å². The zero-order valence-corrected chi connectivity index (χ0v) is 11.7. The maximum absolute atomic E-state index is 5.65. The van der Waals surface area contributed by atoms with Crippen LogP contribution in [0.4, 0.5) is 0 Å². The fourth-order valence-electron chi connectivity index (χ4n) is 1.65. The average Bonchev–Trinajstić information content (AvgIpc) is 2.86. The molecule has 0 saturated heterocycles. The standard InChI is InChI=1S/C12H13BrN2OS/c1-16-8-4-5-10(13)9(7-8)12(15-14)11-3-2-6-17-11/h2-7,12,15H,14H2,1H3. The number of rotatable bonds is 4. The Bertz CT molecular complexity index is 487. The number of ether oxygens (including phenoxy) is 1. The summed E-state index contributed by atoms with van der Waals surface area (Å²) in [5.41, 5.74) is 3.90. The van der Waals surface area contributed by atoms with Gasteiger partial charge in [0.25, 0.3) is 0 Å². The van der Waals surface area contributed by atoms with Crippen LogP contribution in [0, 0.1) is 0 Å². The minimum absolute atomic E-state index is 0.0283. The zero-order chi connectivity index (χ0) is 12.3. The number of hydrazine groups is 1. The number of benzene rings is 1. The molecular formula is C12H13BrN2OS. The van der Waals surface area contributed by atoms with Crippen molar-refractivity contribution < 1.29 is 4.74 Å². The molecule has 3 N–H and O–H groups in total. The number of hydrogen-bond donors (Lipinski definition) is 2. The molecule has 0 bridgehead atoms. The first kappa shape index (κ1) is 12.6. The van der Waals surface area contributed by atoms with Gasteiger partial charge in [-0.3, -0.25) is 5.84 Å². The van der Waals surface area contributed by atoms with E-state index in [1.807, 2.05) is 29.6 Å². The Morgan fingerprint density at radius 2 is 2.24 bits per heavy atom. The number of nitrogens with one attached hydrogen (secondary N) is 1. The predicted octanol–water partition coefficient (Wildman–Crippen LogP) is 3.07. The summed E-state index contributed by atoms with van der Waals surface area (Å²) in [6.45, 7) is 0. The highest BCUT2D eigenvalue weighted by molar-refractivity contribution is 9.10. The summed E-state index contributed by atoms with van der Waals surface area (Å²) < 4.78 is 6.24. The smallest absolute Gasteiger partial charge is 0.119 e. The zero-order valence-electron chi connectivity index (χ0n) is 9.31. The first-order valence-electron chi connectivity index (χ1n) is 5.09. The van der Waals surface area contributed by atoms with Crippen LogP contribution in [0.15, 0.2) is 40.2 Å². The SMILES string of the molecule is COc1ccc(Br)c(C(NN)c2cccs2)c1. The molecule has 0 saturated carbocycles. The monoisotopic (exact) mass is 312 g/mol. The summed E-state index contributed by atoms with van der Waals surface area (Å²) in [5, 5.41) is 2.04. The number of hydrogen-bond acceptors (Lipinski definition) is 4. The van der Waals surface area contributed by atoms with Crippen molar-refractivity contribution in [1.82, 2.24) is 5.43 Å². The Labute approximate surface area is 113 Å². The maximum Gasteiger partial charge on any atom is 0.119 e. The molecular weight excluding hydrogens is 300 g/mol. The molecule has 2 rings (SSSR count). The summed E-state index contributed by atoms with van der Waals surface area (Å²) in [5.74, 6) is 6.47. The highest BCUT2D eigenvalue weighted by atomic mass is 79.9. The van der Waals surface area contributed by atoms with Crippen LogP contribution < -0.4 is 16.0 Å². The molecule has 0 aliphatic carbocycles. The summed E-state index contributed by atoms with van der Waals surface area (Å²) in [7, 11) is 1.66. The molecule has 1 aromatic carbocycles. The van der Waals surface area contributed by atoms with Gasteiger partial charge in [-0.1, -0.05) is 22.0 Å². The first-order chi connectivity index (χ1) is 8.26. The lowest BCUT2D eigenvalue weighted by Crippen LogP contribution is -2.28. The van der Waals surface area contributed by atoms with E-state index in [9.17, 15) is 0 Å². The molecule has 90 valence electrons. The maximum atomic E-state index is 5.65. The highest BCUT2D eigenvalue weighted by Gasteiger charge is 2.16. The largest absolute Gasteiger partial charge is 0.497 e. The third kappa shape index (κ3) is 2.69. The van der Waals surface area contributed by atoms with Crippen molar-refractivity contribution in [3.05, 3.63) is 50.6 Å². The van der Waals surface area contributed by atoms with E-state index in [1.165, 1.54) is 4.88 Å². The fourth-order valence-corrected chi connectivity index (χ4v) is 2.93. The van der Waals surface area contributed by atoms with Crippen molar-refractivity contribution in [3.8, 4) is 5.75 Å². The fraction of sp³-hybridized carbons (Fsp3) is 0.167. The summed E-state index contributed by atoms with van der Waals surface area (Å²) >= 11 is 5.21. The Hall–Kier alpha value is -0.880. The summed E-state index contributed by atoms with van der Waals surface area (Å²) in [4.78, 5) is 1.17. The molecule has 0 amide bonds. The van der Waals surface area contributed by atoms with E-state index in [4.69, 9.17) is 10.6 Å². The van der Waals surface area contributed by atoms with E-state index in [0.29, 0.717) is 0 Å². The molecule has 0 aliphatic heterocycles. The Morgan fingerprint density at radius 3 is 2.82 bits per heavy atom. The average molecular weight is 313 g/mol. The Kier molecular flexibility index (Phi) is 4.17. The number of thiophene rings is 1. The van der Waals surface area contributed by atoms with Crippen LogP contribution >= 0.6 is 27.3 Å². The minimum atomic E-state index is -0.0283. The normalized spacial score (nSPS) is 12.4. The van der Waals surface area contributed by atoms with Gasteiger partial charge in [0.15, 0.2) is 0 Å². The van der Waals surface area contributed by atoms with E-state index in [-0.39, 0.29) is 6.04 Å². The molecule has 1 heterocycles. The molecule has 3 nitrogen and oxygen atoms in total. The number of nitrogens with two attached hydrogens (primary N) is 1.